The third-order valence-electron chi connectivity index (χ3n) is 0.568. The number of carbonyl (C=O) groups is 1. The number of hydrogen-bond donors (Lipinski definition) is 0. The van der Waals surface area contributed by atoms with Gasteiger partial charge in [0.25, 0.3) is 0 Å². The van der Waals surface area contributed by atoms with E-state index < -0.39 is 0 Å². The second-order valence-electron chi connectivity index (χ2n) is 1.80. The minimum absolute atomic E-state index is 0. The Morgan fingerprint density at radius 1 is 1.57 bits per heavy atom. The van der Waals surface area contributed by atoms with Crippen molar-refractivity contribution < 1.29 is 4.79 Å². The quantitative estimate of drug-likeness (QED) is 0.391. The van der Waals surface area contributed by atoms with Gasteiger partial charge in [0.15, 0.2) is 0 Å². The molecule has 38 valence electrons. The van der Waals surface area contributed by atoms with Crippen LogP contribution in [0.3, 0.4) is 0 Å². The molecule has 0 rings (SSSR count). The van der Waals surface area contributed by atoms with E-state index in [0.29, 0.717) is 12.3 Å². The summed E-state index contributed by atoms with van der Waals surface area (Å²) in [6.07, 6.45) is 1.64. The molecule has 0 aromatic heterocycles. The van der Waals surface area contributed by atoms with Crippen LogP contribution in [0, 0.1) is 5.92 Å². The van der Waals surface area contributed by atoms with Gasteiger partial charge in [-0.25, -0.2) is 0 Å². The van der Waals surface area contributed by atoms with Gasteiger partial charge >= 0.3 is 51.4 Å². The Labute approximate surface area is 87.3 Å². The fraction of sp³-hybridized carbons (Fsp3) is 0.800. The van der Waals surface area contributed by atoms with Crippen LogP contribution in [0.25, 0.3) is 0 Å². The topological polar surface area (TPSA) is 17.1 Å². The van der Waals surface area contributed by atoms with Gasteiger partial charge in [0.2, 0.25) is 0 Å². The van der Waals surface area contributed by atoms with Gasteiger partial charge in [-0.05, 0) is 5.92 Å². The first-order valence-corrected chi connectivity index (χ1v) is 2.21. The Balaban J connectivity index is 0. The van der Waals surface area contributed by atoms with Gasteiger partial charge in [-0.2, -0.15) is 0 Å². The maximum absolute atomic E-state index is 9.62. The predicted molar refractivity (Wildman–Crippen MR) is 32.7 cm³/mol. The third kappa shape index (κ3) is 11.1. The van der Waals surface area contributed by atoms with Crippen LogP contribution >= 0.6 is 0 Å². The third-order valence-corrected chi connectivity index (χ3v) is 0.568. The van der Waals surface area contributed by atoms with E-state index in [1.165, 1.54) is 0 Å². The molecule has 0 aliphatic heterocycles. The number of carbonyl (C=O) groups excluding carboxylic acids is 1. The summed E-state index contributed by atoms with van der Waals surface area (Å²) in [5, 5.41) is 0. The van der Waals surface area contributed by atoms with E-state index in [1.54, 1.807) is 0 Å². The van der Waals surface area contributed by atoms with Crippen LogP contribution in [0.4, 0.5) is 0 Å². The van der Waals surface area contributed by atoms with E-state index in [2.05, 4.69) is 0 Å². The van der Waals surface area contributed by atoms with Gasteiger partial charge in [0, 0.05) is 6.42 Å². The van der Waals surface area contributed by atoms with E-state index in [-0.39, 0.29) is 51.4 Å². The fourth-order valence-electron chi connectivity index (χ4n) is 0.192. The van der Waals surface area contributed by atoms with Crippen LogP contribution in [0.5, 0.6) is 0 Å². The first-order chi connectivity index (χ1) is 2.77. The van der Waals surface area contributed by atoms with Crippen LogP contribution in [-0.2, 0) is 4.79 Å². The van der Waals surface area contributed by atoms with E-state index in [4.69, 9.17) is 0 Å². The van der Waals surface area contributed by atoms with Crippen molar-refractivity contribution in [3.05, 3.63) is 0 Å². The minimum atomic E-state index is 0. The molecule has 0 atom stereocenters. The molecule has 0 radical (unpaired) electrons. The van der Waals surface area contributed by atoms with E-state index in [0.717, 1.165) is 6.29 Å². The SMILES string of the molecule is CC(C)CC=O.[KH]. The van der Waals surface area contributed by atoms with Gasteiger partial charge < -0.3 is 4.79 Å². The van der Waals surface area contributed by atoms with E-state index in [1.807, 2.05) is 13.8 Å². The Hall–Kier alpha value is 1.31. The molecule has 7 heavy (non-hydrogen) atoms. The monoisotopic (exact) mass is 126 g/mol. The summed E-state index contributed by atoms with van der Waals surface area (Å²) in [4.78, 5) is 9.62. The molecule has 0 N–H and O–H groups in total. The molecule has 0 bridgehead atoms. The summed E-state index contributed by atoms with van der Waals surface area (Å²) in [7, 11) is 0. The van der Waals surface area contributed by atoms with Crippen molar-refractivity contribution in [3.8, 4) is 0 Å². The average Bonchev–Trinajstić information content (AvgIpc) is 1.35. The van der Waals surface area contributed by atoms with Crippen molar-refractivity contribution in [1.29, 1.82) is 0 Å². The fourth-order valence-corrected chi connectivity index (χ4v) is 0.192. The molecule has 0 saturated heterocycles. The van der Waals surface area contributed by atoms with Crippen LogP contribution < -0.4 is 0 Å². The van der Waals surface area contributed by atoms with Gasteiger partial charge in [-0.15, -0.1) is 0 Å². The normalized spacial score (nSPS) is 7.86. The van der Waals surface area contributed by atoms with Crippen molar-refractivity contribution >= 4 is 57.7 Å². The summed E-state index contributed by atoms with van der Waals surface area (Å²) in [5.41, 5.74) is 0. The molecule has 0 aliphatic rings. The molecule has 0 aromatic carbocycles. The first-order valence-electron chi connectivity index (χ1n) is 2.21. The van der Waals surface area contributed by atoms with E-state index >= 15 is 0 Å². The first kappa shape index (κ1) is 11.1. The van der Waals surface area contributed by atoms with Gasteiger partial charge in [0.05, 0.1) is 0 Å². The van der Waals surface area contributed by atoms with Gasteiger partial charge in [-0.3, -0.25) is 0 Å². The maximum atomic E-state index is 9.62. The van der Waals surface area contributed by atoms with Crippen LogP contribution in [0.15, 0.2) is 0 Å². The van der Waals surface area contributed by atoms with Gasteiger partial charge in [-0.1, -0.05) is 13.8 Å². The Morgan fingerprint density at radius 2 is 2.00 bits per heavy atom. The summed E-state index contributed by atoms with van der Waals surface area (Å²) >= 11 is 0. The molecule has 0 amide bonds. The molecular formula is C5H11KO. The Kier molecular flexibility index (Phi) is 11.6. The van der Waals surface area contributed by atoms with Crippen LogP contribution in [0.2, 0.25) is 0 Å². The second-order valence-corrected chi connectivity index (χ2v) is 1.80. The molecular weight excluding hydrogens is 115 g/mol. The van der Waals surface area contributed by atoms with Crippen LogP contribution in [-0.4, -0.2) is 57.7 Å². The zero-order valence-corrected chi connectivity index (χ0v) is 4.27. The van der Waals surface area contributed by atoms with Crippen molar-refractivity contribution in [1.82, 2.24) is 0 Å². The zero-order valence-electron chi connectivity index (χ0n) is 4.27. The molecule has 0 spiro atoms. The molecule has 0 saturated carbocycles. The van der Waals surface area contributed by atoms with Gasteiger partial charge in [0.1, 0.15) is 6.29 Å². The summed E-state index contributed by atoms with van der Waals surface area (Å²) in [5.74, 6) is 0.530. The van der Waals surface area contributed by atoms with Crippen molar-refractivity contribution in [3.63, 3.8) is 0 Å². The number of hydrogen-bond acceptors (Lipinski definition) is 1. The summed E-state index contributed by atoms with van der Waals surface area (Å²) < 4.78 is 0. The average molecular weight is 126 g/mol. The summed E-state index contributed by atoms with van der Waals surface area (Å²) in [6.45, 7) is 4.04. The molecule has 0 unspecified atom stereocenters. The molecule has 0 heterocycles. The molecule has 0 aliphatic carbocycles. The standard InChI is InChI=1S/C5H10O.K.H/c1-5(2)3-4-6;;/h4-5H,3H2,1-2H3;;. The van der Waals surface area contributed by atoms with Crippen molar-refractivity contribution in [2.75, 3.05) is 0 Å². The summed E-state index contributed by atoms with van der Waals surface area (Å²) in [6, 6.07) is 0. The van der Waals surface area contributed by atoms with Crippen molar-refractivity contribution in [2.24, 2.45) is 5.92 Å². The van der Waals surface area contributed by atoms with E-state index in [9.17, 15) is 4.79 Å². The number of aldehydes is 1. The van der Waals surface area contributed by atoms with Crippen molar-refractivity contribution in [2.45, 2.75) is 20.3 Å². The Morgan fingerprint density at radius 3 is 2.00 bits per heavy atom. The molecule has 1 nitrogen and oxygen atoms in total. The molecule has 2 heteroatoms. The van der Waals surface area contributed by atoms with Crippen LogP contribution in [0.1, 0.15) is 20.3 Å². The molecule has 0 aromatic rings. The predicted octanol–water partition coefficient (Wildman–Crippen LogP) is 0.583. The number of rotatable bonds is 2. The zero-order chi connectivity index (χ0) is 4.99. The second kappa shape index (κ2) is 7.31. The Bertz CT molecular complexity index is 43.3. The molecule has 0 fully saturated rings.